The Labute approximate surface area is 352 Å². The van der Waals surface area contributed by atoms with Gasteiger partial charge in [0, 0.05) is 41.9 Å². The van der Waals surface area contributed by atoms with Crippen molar-refractivity contribution in [3.63, 3.8) is 0 Å². The molecule has 9 heteroatoms. The van der Waals surface area contributed by atoms with Crippen molar-refractivity contribution in [3.05, 3.63) is 146 Å². The summed E-state index contributed by atoms with van der Waals surface area (Å²) < 4.78 is 0. The Bertz CT molecular complexity index is 1190. The Morgan fingerprint density at radius 2 is 1.19 bits per heavy atom. The molecular formula is C48H91N9. The lowest BCUT2D eigenvalue weighted by atomic mass is 10.0. The Morgan fingerprint density at radius 1 is 0.737 bits per heavy atom. The van der Waals surface area contributed by atoms with Gasteiger partial charge in [0.1, 0.15) is 0 Å². The molecular weight excluding hydrogens is 703 g/mol. The molecule has 0 bridgehead atoms. The Balaban J connectivity index is -0.000000201. The van der Waals surface area contributed by atoms with Crippen LogP contribution in [-0.4, -0.2) is 38.3 Å². The number of hydrogen-bond acceptors (Lipinski definition) is 9. The van der Waals surface area contributed by atoms with Crippen LogP contribution in [0.5, 0.6) is 0 Å². The second-order valence-electron chi connectivity index (χ2n) is 14.3. The fourth-order valence-electron chi connectivity index (χ4n) is 4.06. The van der Waals surface area contributed by atoms with Crippen LogP contribution in [0.3, 0.4) is 0 Å². The highest BCUT2D eigenvalue weighted by Crippen LogP contribution is 2.12. The number of aryl methyl sites for hydroxylation is 1. The molecule has 0 aliphatic carbocycles. The van der Waals surface area contributed by atoms with Crippen LogP contribution in [0, 0.1) is 18.8 Å². The fraction of sp³-hybridized carbons (Fsp3) is 0.500. The minimum absolute atomic E-state index is 0.0153. The molecule has 0 aliphatic rings. The molecule has 0 saturated heterocycles. The number of benzene rings is 2. The molecule has 2 aromatic carbocycles. The van der Waals surface area contributed by atoms with E-state index >= 15 is 0 Å². The van der Waals surface area contributed by atoms with Crippen LogP contribution in [0.4, 0.5) is 0 Å². The minimum Gasteiger partial charge on any atom is -0.405 e. The monoisotopic (exact) mass is 794 g/mol. The van der Waals surface area contributed by atoms with Crippen LogP contribution in [0.2, 0.25) is 0 Å². The first-order valence-corrected chi connectivity index (χ1v) is 20.6. The maximum Gasteiger partial charge on any atom is 0.0689 e. The lowest BCUT2D eigenvalue weighted by molar-refractivity contribution is 0.532. The highest BCUT2D eigenvalue weighted by Gasteiger charge is 2.11. The van der Waals surface area contributed by atoms with Crippen LogP contribution in [0.1, 0.15) is 104 Å². The zero-order valence-electron chi connectivity index (χ0n) is 37.7. The van der Waals surface area contributed by atoms with Crippen LogP contribution in [-0.2, 0) is 6.42 Å². The van der Waals surface area contributed by atoms with Crippen molar-refractivity contribution in [1.82, 2.24) is 10.6 Å². The molecule has 16 N–H and O–H groups in total. The Hall–Kier alpha value is -4.28. The van der Waals surface area contributed by atoms with E-state index in [0.717, 1.165) is 56.8 Å². The third-order valence-electron chi connectivity index (χ3n) is 7.31. The van der Waals surface area contributed by atoms with Crippen molar-refractivity contribution in [2.75, 3.05) is 26.2 Å². The van der Waals surface area contributed by atoms with Gasteiger partial charge in [0.25, 0.3) is 0 Å². The van der Waals surface area contributed by atoms with E-state index in [0.29, 0.717) is 30.4 Å². The summed E-state index contributed by atoms with van der Waals surface area (Å²) in [5.74, 6) is 1.39. The largest absolute Gasteiger partial charge is 0.405 e. The third kappa shape index (κ3) is 53.9. The molecule has 0 aliphatic heterocycles. The van der Waals surface area contributed by atoms with Gasteiger partial charge in [-0.15, -0.1) is 6.58 Å². The lowest BCUT2D eigenvalue weighted by Gasteiger charge is -2.20. The molecule has 0 fully saturated rings. The number of rotatable bonds is 20. The summed E-state index contributed by atoms with van der Waals surface area (Å²) in [6.45, 7) is 39.5. The van der Waals surface area contributed by atoms with E-state index in [1.807, 2.05) is 43.3 Å². The van der Waals surface area contributed by atoms with Gasteiger partial charge < -0.3 is 50.8 Å². The molecule has 3 atom stereocenters. The summed E-state index contributed by atoms with van der Waals surface area (Å²) in [7, 11) is 0. The van der Waals surface area contributed by atoms with Gasteiger partial charge in [0.05, 0.1) is 6.04 Å². The standard InChI is InChI=1S/C13H19N3.C13H28N2.C7H8.C6H15N3.C4H10.C3H6.C2H5N/c1-10(9-14)16-13(11(2)15)8-12-6-4-3-5-7-12;1-4-5-6-7-11-15-13(3)12(2)9-8-10-14;1-7-5-3-2-4-6-7;1-5(8)6(9)3-2-4-7;1-4(2)3;1-3-2;1-2-3/h3-7,13,16H,1-2,8-9,14-15H2;12,15H,3-11,14H2,1-2H3;2-6H,1H3;6H,1-4,7-9H2;4H,1-3H3;3H,1H2,2H3;2H,1,3H2. The second kappa shape index (κ2) is 47.9. The quantitative estimate of drug-likeness (QED) is 0.0464. The molecule has 0 aromatic heterocycles. The van der Waals surface area contributed by atoms with Crippen LogP contribution >= 0.6 is 0 Å². The second-order valence-corrected chi connectivity index (χ2v) is 14.3. The topological polar surface area (TPSA) is 206 Å². The van der Waals surface area contributed by atoms with Crippen molar-refractivity contribution in [2.24, 2.45) is 52.0 Å². The van der Waals surface area contributed by atoms with Gasteiger partial charge in [-0.05, 0) is 89.1 Å². The number of nitrogens with two attached hydrogens (primary N) is 7. The van der Waals surface area contributed by atoms with Crippen molar-refractivity contribution < 1.29 is 0 Å². The fourth-order valence-corrected chi connectivity index (χ4v) is 4.06. The Morgan fingerprint density at radius 3 is 1.56 bits per heavy atom. The van der Waals surface area contributed by atoms with E-state index < -0.39 is 0 Å². The summed E-state index contributed by atoms with van der Waals surface area (Å²) >= 11 is 0. The molecule has 0 saturated carbocycles. The number of allylic oxidation sites excluding steroid dienone is 2. The van der Waals surface area contributed by atoms with Gasteiger partial charge in [-0.3, -0.25) is 0 Å². The van der Waals surface area contributed by atoms with Gasteiger partial charge in [0.15, 0.2) is 0 Å². The zero-order valence-corrected chi connectivity index (χ0v) is 37.7. The summed E-state index contributed by atoms with van der Waals surface area (Å²) in [4.78, 5) is 0. The van der Waals surface area contributed by atoms with Crippen molar-refractivity contribution in [1.29, 1.82) is 0 Å². The smallest absolute Gasteiger partial charge is 0.0689 e. The minimum atomic E-state index is -0.0754. The first kappa shape index (κ1) is 61.9. The average molecular weight is 794 g/mol. The molecule has 0 heterocycles. The van der Waals surface area contributed by atoms with E-state index in [9.17, 15) is 0 Å². The van der Waals surface area contributed by atoms with Crippen LogP contribution < -0.4 is 50.8 Å². The van der Waals surface area contributed by atoms with Gasteiger partial charge in [-0.25, -0.2) is 0 Å². The maximum atomic E-state index is 5.75. The van der Waals surface area contributed by atoms with Gasteiger partial charge in [-0.1, -0.05) is 159 Å². The number of hydrogen-bond donors (Lipinski definition) is 9. The predicted molar refractivity (Wildman–Crippen MR) is 259 cm³/mol. The first-order valence-electron chi connectivity index (χ1n) is 20.6. The summed E-state index contributed by atoms with van der Waals surface area (Å²) in [6.07, 6.45) is 13.0. The normalized spacial score (nSPS) is 10.8. The van der Waals surface area contributed by atoms with Gasteiger partial charge in [-0.2, -0.15) is 0 Å². The van der Waals surface area contributed by atoms with E-state index in [1.54, 1.807) is 6.08 Å². The number of nitrogens with one attached hydrogen (secondary N) is 2. The van der Waals surface area contributed by atoms with E-state index in [2.05, 4.69) is 122 Å². The van der Waals surface area contributed by atoms with Gasteiger partial charge in [0.2, 0.25) is 0 Å². The molecule has 0 amide bonds. The third-order valence-corrected chi connectivity index (χ3v) is 7.31. The van der Waals surface area contributed by atoms with Crippen molar-refractivity contribution in [3.8, 4) is 0 Å². The van der Waals surface area contributed by atoms with Crippen LogP contribution in [0.25, 0.3) is 0 Å². The molecule has 328 valence electrons. The molecule has 2 rings (SSSR count). The van der Waals surface area contributed by atoms with Crippen molar-refractivity contribution in [2.45, 2.75) is 118 Å². The van der Waals surface area contributed by atoms with E-state index in [4.69, 9.17) is 34.4 Å². The molecule has 0 radical (unpaired) electrons. The zero-order chi connectivity index (χ0) is 44.9. The maximum absolute atomic E-state index is 5.75. The SMILES string of the molecule is C=C(CN)NC(Cc1ccccc1)C(=C)N.C=C(N)C(N)CCCN.C=C(NCCCCCC)C(C)CCCN.C=CC.C=CN.CC(C)C.Cc1ccccc1. The van der Waals surface area contributed by atoms with E-state index in [-0.39, 0.29) is 12.1 Å². The average Bonchev–Trinajstić information content (AvgIpc) is 3.17. The molecule has 3 unspecified atom stereocenters. The highest BCUT2D eigenvalue weighted by molar-refractivity contribution is 5.20. The molecule has 57 heavy (non-hydrogen) atoms. The van der Waals surface area contributed by atoms with E-state index in [1.165, 1.54) is 48.7 Å². The number of unbranched alkanes of at least 4 members (excludes halogenated alkanes) is 3. The summed E-state index contributed by atoms with van der Waals surface area (Å²) in [5.41, 5.74) is 43.0. The predicted octanol–water partition coefficient (Wildman–Crippen LogP) is 8.64. The summed E-state index contributed by atoms with van der Waals surface area (Å²) in [6, 6.07) is 20.3. The van der Waals surface area contributed by atoms with Crippen LogP contribution in [0.15, 0.2) is 135 Å². The van der Waals surface area contributed by atoms with Gasteiger partial charge >= 0.3 is 0 Å². The molecule has 0 spiro atoms. The molecule has 2 aromatic rings. The highest BCUT2D eigenvalue weighted by atomic mass is 15.0. The molecule has 9 nitrogen and oxygen atoms in total. The van der Waals surface area contributed by atoms with Crippen molar-refractivity contribution >= 4 is 0 Å². The summed E-state index contributed by atoms with van der Waals surface area (Å²) in [5, 5.41) is 6.59. The Kier molecular flexibility index (Phi) is 52.0. The first-order chi connectivity index (χ1) is 27.0. The lowest BCUT2D eigenvalue weighted by Crippen LogP contribution is -2.36.